The van der Waals surface area contributed by atoms with E-state index in [1.165, 1.54) is 24.3 Å². The average Bonchev–Trinajstić information content (AvgIpc) is 3.58. The normalized spacial score (nSPS) is 12.6. The van der Waals surface area contributed by atoms with Crippen LogP contribution in [0.5, 0.6) is 0 Å². The predicted molar refractivity (Wildman–Crippen MR) is 124 cm³/mol. The number of anilines is 2. The highest BCUT2D eigenvalue weighted by molar-refractivity contribution is 7.98. The molecule has 1 aliphatic heterocycles. The van der Waals surface area contributed by atoms with Gasteiger partial charge in [-0.15, -0.1) is 0 Å². The van der Waals surface area contributed by atoms with Crippen molar-refractivity contribution in [3.63, 3.8) is 0 Å². The van der Waals surface area contributed by atoms with Gasteiger partial charge in [-0.2, -0.15) is 0 Å². The molecule has 0 fully saturated rings. The van der Waals surface area contributed by atoms with Crippen LogP contribution >= 0.6 is 11.8 Å². The number of nitrogens with one attached hydrogen (secondary N) is 1. The van der Waals surface area contributed by atoms with Gasteiger partial charge < -0.3 is 14.6 Å². The van der Waals surface area contributed by atoms with E-state index in [1.54, 1.807) is 17.2 Å². The summed E-state index contributed by atoms with van der Waals surface area (Å²) in [7, 11) is 0. The molecule has 0 spiro atoms. The minimum Gasteiger partial charge on any atom is -0.472 e. The smallest absolute Gasteiger partial charge is 0.274 e. The molecule has 0 bridgehead atoms. The number of furan rings is 1. The fourth-order valence-corrected chi connectivity index (χ4v) is 4.44. The summed E-state index contributed by atoms with van der Waals surface area (Å²) in [5.41, 5.74) is 4.40. The number of carbonyl (C=O) groups excluding carboxylic acids is 2. The van der Waals surface area contributed by atoms with E-state index < -0.39 is 0 Å². The van der Waals surface area contributed by atoms with Crippen molar-refractivity contribution in [3.8, 4) is 5.69 Å². The number of imidazole rings is 1. The Labute approximate surface area is 189 Å². The molecule has 0 atom stereocenters. The van der Waals surface area contributed by atoms with Gasteiger partial charge in [0.2, 0.25) is 0 Å². The van der Waals surface area contributed by atoms with Crippen molar-refractivity contribution in [1.29, 1.82) is 0 Å². The zero-order valence-electron chi connectivity index (χ0n) is 17.3. The summed E-state index contributed by atoms with van der Waals surface area (Å²) in [6.07, 6.45) is 7.19. The average molecular weight is 445 g/mol. The maximum atomic E-state index is 13.1. The lowest BCUT2D eigenvalue weighted by Gasteiger charge is -2.17. The van der Waals surface area contributed by atoms with Crippen LogP contribution in [0.25, 0.3) is 5.69 Å². The van der Waals surface area contributed by atoms with Crippen LogP contribution in [0.15, 0.2) is 82.9 Å². The van der Waals surface area contributed by atoms with Crippen LogP contribution in [0.4, 0.5) is 11.4 Å². The number of nitrogens with zero attached hydrogens (tertiary/aromatic N) is 3. The Kier molecular flexibility index (Phi) is 5.28. The van der Waals surface area contributed by atoms with Gasteiger partial charge in [0.15, 0.2) is 5.16 Å². The standard InChI is InChI=1S/C24H20N4O3S/c1-32-24-25-14-21(28(24)19-5-3-2-4-6-19)22(29)26-18-7-8-20-16(13-18)9-11-27(20)23(30)17-10-12-31-15-17/h2-8,10,12-15H,9,11H2,1H3,(H,26,29). The molecule has 32 heavy (non-hydrogen) atoms. The van der Waals surface area contributed by atoms with Crippen LogP contribution in [0.2, 0.25) is 0 Å². The Balaban J connectivity index is 1.39. The second-order valence-electron chi connectivity index (χ2n) is 7.32. The summed E-state index contributed by atoms with van der Waals surface area (Å²) >= 11 is 1.48. The topological polar surface area (TPSA) is 80.4 Å². The number of para-hydroxylation sites is 1. The third kappa shape index (κ3) is 3.58. The molecule has 2 aromatic carbocycles. The number of benzene rings is 2. The molecule has 4 aromatic rings. The van der Waals surface area contributed by atoms with E-state index >= 15 is 0 Å². The maximum absolute atomic E-state index is 13.1. The van der Waals surface area contributed by atoms with Crippen molar-refractivity contribution in [3.05, 3.63) is 90.1 Å². The largest absolute Gasteiger partial charge is 0.472 e. The van der Waals surface area contributed by atoms with E-state index in [0.29, 0.717) is 23.5 Å². The molecule has 0 saturated heterocycles. The van der Waals surface area contributed by atoms with Crippen LogP contribution in [0.1, 0.15) is 26.4 Å². The molecule has 0 aliphatic carbocycles. The molecular weight excluding hydrogens is 424 g/mol. The first-order valence-electron chi connectivity index (χ1n) is 10.1. The van der Waals surface area contributed by atoms with E-state index in [0.717, 1.165) is 28.5 Å². The van der Waals surface area contributed by atoms with Gasteiger partial charge in [0.05, 0.1) is 18.0 Å². The highest BCUT2D eigenvalue weighted by atomic mass is 32.2. The van der Waals surface area contributed by atoms with Gasteiger partial charge in [0.1, 0.15) is 12.0 Å². The lowest BCUT2D eigenvalue weighted by Crippen LogP contribution is -2.28. The molecule has 0 radical (unpaired) electrons. The van der Waals surface area contributed by atoms with Gasteiger partial charge in [-0.1, -0.05) is 30.0 Å². The Hall–Kier alpha value is -3.78. The molecule has 160 valence electrons. The first-order chi connectivity index (χ1) is 15.7. The molecule has 1 N–H and O–H groups in total. The monoisotopic (exact) mass is 444 g/mol. The van der Waals surface area contributed by atoms with E-state index in [9.17, 15) is 9.59 Å². The van der Waals surface area contributed by atoms with Gasteiger partial charge in [0.25, 0.3) is 11.8 Å². The minimum atomic E-state index is -0.245. The molecule has 0 saturated carbocycles. The van der Waals surface area contributed by atoms with Crippen molar-refractivity contribution in [2.75, 3.05) is 23.0 Å². The maximum Gasteiger partial charge on any atom is 0.274 e. The SMILES string of the molecule is CSc1ncc(C(=O)Nc2ccc3c(c2)CCN3C(=O)c2ccoc2)n1-c1ccccc1. The summed E-state index contributed by atoms with van der Waals surface area (Å²) in [6.45, 7) is 0.592. The molecule has 2 amide bonds. The molecule has 8 heteroatoms. The summed E-state index contributed by atoms with van der Waals surface area (Å²) in [6, 6.07) is 17.0. The lowest BCUT2D eigenvalue weighted by atomic mass is 10.1. The zero-order chi connectivity index (χ0) is 22.1. The van der Waals surface area contributed by atoms with Crippen molar-refractivity contribution >= 4 is 35.0 Å². The minimum absolute atomic E-state index is 0.0920. The fraction of sp³-hybridized carbons (Fsp3) is 0.125. The summed E-state index contributed by atoms with van der Waals surface area (Å²) in [5, 5.41) is 3.72. The highest BCUT2D eigenvalue weighted by Crippen LogP contribution is 2.32. The van der Waals surface area contributed by atoms with Crippen molar-refractivity contribution in [2.24, 2.45) is 0 Å². The van der Waals surface area contributed by atoms with E-state index in [4.69, 9.17) is 4.42 Å². The predicted octanol–water partition coefficient (Wildman–Crippen LogP) is 4.64. The number of aromatic nitrogens is 2. The van der Waals surface area contributed by atoms with Gasteiger partial charge in [-0.05, 0) is 54.6 Å². The Bertz CT molecular complexity index is 1280. The fourth-order valence-electron chi connectivity index (χ4n) is 3.89. The number of amides is 2. The second-order valence-corrected chi connectivity index (χ2v) is 8.09. The van der Waals surface area contributed by atoms with Crippen molar-refractivity contribution < 1.29 is 14.0 Å². The number of thioether (sulfide) groups is 1. The van der Waals surface area contributed by atoms with E-state index in [1.807, 2.05) is 59.4 Å². The zero-order valence-corrected chi connectivity index (χ0v) is 18.1. The first kappa shape index (κ1) is 20.1. The number of rotatable bonds is 5. The van der Waals surface area contributed by atoms with Crippen LogP contribution in [0, 0.1) is 0 Å². The second kappa shape index (κ2) is 8.39. The van der Waals surface area contributed by atoms with Gasteiger partial charge in [-0.25, -0.2) is 4.98 Å². The van der Waals surface area contributed by atoms with Crippen LogP contribution < -0.4 is 10.2 Å². The van der Waals surface area contributed by atoms with Crippen molar-refractivity contribution in [2.45, 2.75) is 11.6 Å². The first-order valence-corrected chi connectivity index (χ1v) is 11.3. The van der Waals surface area contributed by atoms with Crippen LogP contribution in [-0.2, 0) is 6.42 Å². The molecule has 3 heterocycles. The molecular formula is C24H20N4O3S. The third-order valence-corrected chi connectivity index (χ3v) is 6.06. The number of hydrogen-bond acceptors (Lipinski definition) is 5. The highest BCUT2D eigenvalue weighted by Gasteiger charge is 2.27. The third-order valence-electron chi connectivity index (χ3n) is 5.41. The number of fused-ring (bicyclic) bond motifs is 1. The summed E-state index contributed by atoms with van der Waals surface area (Å²) in [4.78, 5) is 32.0. The van der Waals surface area contributed by atoms with E-state index in [2.05, 4.69) is 10.3 Å². The van der Waals surface area contributed by atoms with Gasteiger partial charge in [0, 0.05) is 23.6 Å². The quantitative estimate of drug-likeness (QED) is 0.454. The molecule has 1 aliphatic rings. The van der Waals surface area contributed by atoms with Gasteiger partial charge in [-0.3, -0.25) is 14.2 Å². The Morgan fingerprint density at radius 1 is 1.12 bits per heavy atom. The molecule has 2 aromatic heterocycles. The molecule has 0 unspecified atom stereocenters. The lowest BCUT2D eigenvalue weighted by molar-refractivity contribution is 0.0986. The molecule has 7 nitrogen and oxygen atoms in total. The molecule has 5 rings (SSSR count). The number of hydrogen-bond donors (Lipinski definition) is 1. The van der Waals surface area contributed by atoms with Crippen LogP contribution in [-0.4, -0.2) is 34.2 Å². The van der Waals surface area contributed by atoms with Crippen LogP contribution in [0.3, 0.4) is 0 Å². The summed E-state index contributed by atoms with van der Waals surface area (Å²) in [5.74, 6) is -0.337. The number of carbonyl (C=O) groups is 2. The Morgan fingerprint density at radius 2 is 1.97 bits per heavy atom. The Morgan fingerprint density at radius 3 is 2.72 bits per heavy atom. The van der Waals surface area contributed by atoms with Crippen molar-refractivity contribution in [1.82, 2.24) is 9.55 Å². The van der Waals surface area contributed by atoms with E-state index in [-0.39, 0.29) is 11.8 Å². The summed E-state index contributed by atoms with van der Waals surface area (Å²) < 4.78 is 6.88. The van der Waals surface area contributed by atoms with Gasteiger partial charge >= 0.3 is 0 Å².